The van der Waals surface area contributed by atoms with Gasteiger partial charge in [0.15, 0.2) is 0 Å². The van der Waals surface area contributed by atoms with E-state index in [4.69, 9.17) is 0 Å². The Labute approximate surface area is 124 Å². The number of hydrogen-bond acceptors (Lipinski definition) is 4. The van der Waals surface area contributed by atoms with Crippen molar-refractivity contribution in [1.82, 2.24) is 19.0 Å². The van der Waals surface area contributed by atoms with Crippen molar-refractivity contribution in [3.05, 3.63) is 17.5 Å². The lowest BCUT2D eigenvalue weighted by Crippen LogP contribution is -2.44. The molecule has 1 fully saturated rings. The Kier molecular flexibility index (Phi) is 3.53. The molecule has 7 nitrogen and oxygen atoms in total. The lowest BCUT2D eigenvalue weighted by atomic mass is 10.2. The molecule has 2 heterocycles. The Balaban J connectivity index is 1.66. The first kappa shape index (κ1) is 14.5. The highest BCUT2D eigenvalue weighted by molar-refractivity contribution is 7.88. The van der Waals surface area contributed by atoms with Crippen LogP contribution in [0.5, 0.6) is 0 Å². The fourth-order valence-corrected chi connectivity index (χ4v) is 2.83. The summed E-state index contributed by atoms with van der Waals surface area (Å²) in [4.78, 5) is 13.9. The van der Waals surface area contributed by atoms with E-state index in [1.807, 2.05) is 4.68 Å². The first-order chi connectivity index (χ1) is 9.84. The van der Waals surface area contributed by atoms with Crippen molar-refractivity contribution < 1.29 is 13.2 Å². The van der Waals surface area contributed by atoms with Crippen molar-refractivity contribution in [3.63, 3.8) is 0 Å². The van der Waals surface area contributed by atoms with Crippen LogP contribution in [0.25, 0.3) is 0 Å². The topological polar surface area (TPSA) is 75.5 Å². The summed E-state index contributed by atoms with van der Waals surface area (Å²) in [5.41, 5.74) is 2.17. The molecule has 0 unspecified atom stereocenters. The van der Waals surface area contributed by atoms with E-state index in [1.165, 1.54) is 19.9 Å². The first-order valence-electron chi connectivity index (χ1n) is 7.10. The van der Waals surface area contributed by atoms with Gasteiger partial charge >= 0.3 is 0 Å². The van der Waals surface area contributed by atoms with E-state index in [-0.39, 0.29) is 12.5 Å². The van der Waals surface area contributed by atoms with E-state index in [0.717, 1.165) is 21.9 Å². The second-order valence-corrected chi connectivity index (χ2v) is 7.98. The average Bonchev–Trinajstić information content (AvgIpc) is 3.16. The predicted molar refractivity (Wildman–Crippen MR) is 77.1 cm³/mol. The van der Waals surface area contributed by atoms with Gasteiger partial charge in [0.05, 0.1) is 37.3 Å². The third-order valence-electron chi connectivity index (χ3n) is 4.09. The number of aromatic nitrogens is 2. The normalized spacial score (nSPS) is 18.9. The Hall–Kier alpha value is -1.41. The zero-order valence-electron chi connectivity index (χ0n) is 12.3. The van der Waals surface area contributed by atoms with Gasteiger partial charge in [0.1, 0.15) is 0 Å². The summed E-state index contributed by atoms with van der Waals surface area (Å²) in [7, 11) is -1.90. The third-order valence-corrected chi connectivity index (χ3v) is 5.35. The number of rotatable bonds is 4. The van der Waals surface area contributed by atoms with E-state index in [2.05, 4.69) is 11.2 Å². The van der Waals surface area contributed by atoms with Crippen molar-refractivity contribution in [2.24, 2.45) is 0 Å². The quantitative estimate of drug-likeness (QED) is 0.784. The molecule has 116 valence electrons. The Bertz CT molecular complexity index is 663. The number of amides is 1. The molecule has 3 rings (SSSR count). The Morgan fingerprint density at radius 3 is 2.76 bits per heavy atom. The molecular weight excluding hydrogens is 292 g/mol. The highest BCUT2D eigenvalue weighted by Crippen LogP contribution is 2.39. The second kappa shape index (κ2) is 5.10. The maximum atomic E-state index is 12.2. The van der Waals surface area contributed by atoms with Crippen LogP contribution in [-0.4, -0.2) is 59.7 Å². The molecule has 1 aromatic rings. The maximum Gasteiger partial charge on any atom is 0.238 e. The minimum absolute atomic E-state index is 0.109. The number of nitrogens with zero attached hydrogens (tertiary/aromatic N) is 4. The van der Waals surface area contributed by atoms with Crippen molar-refractivity contribution >= 4 is 15.9 Å². The van der Waals surface area contributed by atoms with E-state index in [0.29, 0.717) is 25.6 Å². The zero-order valence-corrected chi connectivity index (χ0v) is 13.1. The molecule has 2 aliphatic rings. The number of hydrogen-bond donors (Lipinski definition) is 0. The molecular formula is C13H20N4O3S. The van der Waals surface area contributed by atoms with Crippen molar-refractivity contribution in [1.29, 1.82) is 0 Å². The van der Waals surface area contributed by atoms with Gasteiger partial charge in [-0.1, -0.05) is 0 Å². The van der Waals surface area contributed by atoms with Crippen LogP contribution < -0.4 is 0 Å². The van der Waals surface area contributed by atoms with Crippen molar-refractivity contribution in [2.45, 2.75) is 31.8 Å². The number of carbonyl (C=O) groups is 1. The zero-order chi connectivity index (χ0) is 15.2. The van der Waals surface area contributed by atoms with Gasteiger partial charge in [-0.15, -0.1) is 0 Å². The molecule has 0 atom stereocenters. The minimum atomic E-state index is -3.33. The van der Waals surface area contributed by atoms with Crippen molar-refractivity contribution in [2.75, 3.05) is 26.4 Å². The van der Waals surface area contributed by atoms with E-state index in [1.54, 1.807) is 4.90 Å². The summed E-state index contributed by atoms with van der Waals surface area (Å²) in [5.74, 6) is 0.437. The maximum absolute atomic E-state index is 12.2. The molecule has 0 N–H and O–H groups in total. The van der Waals surface area contributed by atoms with Gasteiger partial charge in [0.2, 0.25) is 15.9 Å². The summed E-state index contributed by atoms with van der Waals surface area (Å²) in [6, 6.07) is 2.08. The minimum Gasteiger partial charge on any atom is -0.334 e. The lowest BCUT2D eigenvalue weighted by molar-refractivity contribution is -0.132. The SMILES string of the molecule is CN(CC(=O)N1CCn2nc(C3CC3)cc2C1)S(C)(=O)=O. The molecule has 0 saturated heterocycles. The highest BCUT2D eigenvalue weighted by Gasteiger charge is 2.30. The molecule has 21 heavy (non-hydrogen) atoms. The van der Waals surface area contributed by atoms with Gasteiger partial charge in [-0.2, -0.15) is 9.40 Å². The van der Waals surface area contributed by atoms with Crippen LogP contribution in [0.1, 0.15) is 30.1 Å². The second-order valence-electron chi connectivity index (χ2n) is 5.89. The smallest absolute Gasteiger partial charge is 0.238 e. The molecule has 1 saturated carbocycles. The highest BCUT2D eigenvalue weighted by atomic mass is 32.2. The molecule has 1 aliphatic carbocycles. The van der Waals surface area contributed by atoms with Crippen LogP contribution in [0, 0.1) is 0 Å². The fraction of sp³-hybridized carbons (Fsp3) is 0.692. The molecule has 8 heteroatoms. The van der Waals surface area contributed by atoms with Crippen LogP contribution in [0.2, 0.25) is 0 Å². The number of fused-ring (bicyclic) bond motifs is 1. The monoisotopic (exact) mass is 312 g/mol. The fourth-order valence-electron chi connectivity index (χ4n) is 2.49. The van der Waals surface area contributed by atoms with Gasteiger partial charge in [-0.25, -0.2) is 8.42 Å². The largest absolute Gasteiger partial charge is 0.334 e. The molecule has 0 spiro atoms. The van der Waals surface area contributed by atoms with E-state index < -0.39 is 10.0 Å². The predicted octanol–water partition coefficient (Wildman–Crippen LogP) is -0.00590. The molecule has 0 radical (unpaired) electrons. The van der Waals surface area contributed by atoms with Gasteiger partial charge < -0.3 is 4.90 Å². The van der Waals surface area contributed by atoms with Crippen LogP contribution >= 0.6 is 0 Å². The molecule has 1 aromatic heterocycles. The molecule has 0 bridgehead atoms. The summed E-state index contributed by atoms with van der Waals surface area (Å²) >= 11 is 0. The van der Waals surface area contributed by atoms with Crippen LogP contribution in [0.15, 0.2) is 6.07 Å². The Morgan fingerprint density at radius 1 is 1.43 bits per heavy atom. The van der Waals surface area contributed by atoms with Crippen molar-refractivity contribution in [3.8, 4) is 0 Å². The van der Waals surface area contributed by atoms with Gasteiger partial charge in [-0.3, -0.25) is 9.48 Å². The molecule has 1 aliphatic heterocycles. The number of carbonyl (C=O) groups excluding carboxylic acids is 1. The standard InChI is InChI=1S/C13H20N4O3S/c1-15(21(2,19)20)9-13(18)16-5-6-17-11(8-16)7-12(14-17)10-3-4-10/h7,10H,3-6,8-9H2,1-2H3. The third kappa shape index (κ3) is 3.11. The van der Waals surface area contributed by atoms with E-state index in [9.17, 15) is 13.2 Å². The number of likely N-dealkylation sites (N-methyl/N-ethyl adjacent to an activating group) is 1. The average molecular weight is 312 g/mol. The summed E-state index contributed by atoms with van der Waals surface area (Å²) in [5, 5.41) is 4.58. The van der Waals surface area contributed by atoms with Gasteiger partial charge in [0, 0.05) is 19.5 Å². The summed E-state index contributed by atoms with van der Waals surface area (Å²) < 4.78 is 25.8. The molecule has 1 amide bonds. The van der Waals surface area contributed by atoms with Gasteiger partial charge in [0.25, 0.3) is 0 Å². The van der Waals surface area contributed by atoms with Gasteiger partial charge in [-0.05, 0) is 18.9 Å². The molecule has 0 aromatic carbocycles. The van der Waals surface area contributed by atoms with E-state index >= 15 is 0 Å². The number of sulfonamides is 1. The summed E-state index contributed by atoms with van der Waals surface area (Å²) in [6.45, 7) is 1.66. The van der Waals surface area contributed by atoms with Crippen LogP contribution in [-0.2, 0) is 27.9 Å². The van der Waals surface area contributed by atoms with Crippen LogP contribution in [0.3, 0.4) is 0 Å². The Morgan fingerprint density at radius 2 is 2.14 bits per heavy atom. The lowest BCUT2D eigenvalue weighted by Gasteiger charge is -2.28. The van der Waals surface area contributed by atoms with Crippen LogP contribution in [0.4, 0.5) is 0 Å². The first-order valence-corrected chi connectivity index (χ1v) is 8.95. The summed E-state index contributed by atoms with van der Waals surface area (Å²) in [6.07, 6.45) is 3.52.